The van der Waals surface area contributed by atoms with Gasteiger partial charge in [-0.3, -0.25) is 4.79 Å². The van der Waals surface area contributed by atoms with Gasteiger partial charge in [-0.25, -0.2) is 4.79 Å². The van der Waals surface area contributed by atoms with Crippen molar-refractivity contribution < 1.29 is 27.9 Å². The van der Waals surface area contributed by atoms with Crippen molar-refractivity contribution in [2.24, 2.45) is 0 Å². The van der Waals surface area contributed by atoms with Crippen LogP contribution in [0.15, 0.2) is 0 Å². The number of carbonyl (C=O) groups excluding carboxylic acids is 1. The van der Waals surface area contributed by atoms with Gasteiger partial charge in [0.15, 0.2) is 0 Å². The molecule has 0 rings (SSSR count). The lowest BCUT2D eigenvalue weighted by Gasteiger charge is -2.33. The molecule has 0 saturated carbocycles. The lowest BCUT2D eigenvalue weighted by molar-refractivity contribution is -0.140. The molecule has 8 heteroatoms. The van der Waals surface area contributed by atoms with E-state index in [4.69, 9.17) is 5.11 Å². The Kier molecular flexibility index (Phi) is 7.38. The van der Waals surface area contributed by atoms with E-state index in [1.807, 2.05) is 0 Å². The van der Waals surface area contributed by atoms with Gasteiger partial charge in [-0.15, -0.1) is 0 Å². The van der Waals surface area contributed by atoms with Crippen LogP contribution in [0.25, 0.3) is 0 Å². The van der Waals surface area contributed by atoms with Gasteiger partial charge >= 0.3 is 18.2 Å². The summed E-state index contributed by atoms with van der Waals surface area (Å²) < 4.78 is 37.2. The first-order valence-corrected chi connectivity index (χ1v) is 6.42. The molecular weight excluding hydrogens is 277 g/mol. The van der Waals surface area contributed by atoms with E-state index in [2.05, 4.69) is 0 Å². The van der Waals surface area contributed by atoms with E-state index in [1.165, 1.54) is 11.8 Å². The molecule has 20 heavy (non-hydrogen) atoms. The fourth-order valence-corrected chi connectivity index (χ4v) is 1.69. The molecule has 1 N–H and O–H groups in total. The summed E-state index contributed by atoms with van der Waals surface area (Å²) in [5.41, 5.74) is 0. The van der Waals surface area contributed by atoms with Gasteiger partial charge in [0.05, 0.1) is 0 Å². The number of hydrogen-bond donors (Lipinski definition) is 1. The summed E-state index contributed by atoms with van der Waals surface area (Å²) in [5, 5.41) is 8.55. The maximum absolute atomic E-state index is 12.4. The standard InChI is InChI=1S/C12H21F3N2O3/c1-4-16(8-12(13,14)15)11(20)17(9(2)3)7-5-6-10(18)19/h9H,4-8H2,1-3H3,(H,18,19). The fraction of sp³-hybridized carbons (Fsp3) is 0.833. The molecule has 0 spiro atoms. The lowest BCUT2D eigenvalue weighted by Crippen LogP contribution is -2.49. The van der Waals surface area contributed by atoms with Crippen molar-refractivity contribution in [3.63, 3.8) is 0 Å². The van der Waals surface area contributed by atoms with Gasteiger partial charge in [0, 0.05) is 25.6 Å². The van der Waals surface area contributed by atoms with Crippen LogP contribution >= 0.6 is 0 Å². The first-order chi connectivity index (χ1) is 9.08. The number of alkyl halides is 3. The molecule has 0 aromatic heterocycles. The highest BCUT2D eigenvalue weighted by Crippen LogP contribution is 2.18. The number of hydrogen-bond acceptors (Lipinski definition) is 2. The average Bonchev–Trinajstić information content (AvgIpc) is 2.28. The SMILES string of the molecule is CCN(CC(F)(F)F)C(=O)N(CCCC(=O)O)C(C)C. The normalized spacial score (nSPS) is 11.6. The minimum atomic E-state index is -4.45. The molecular formula is C12H21F3N2O3. The quantitative estimate of drug-likeness (QED) is 0.786. The van der Waals surface area contributed by atoms with E-state index < -0.39 is 24.7 Å². The Balaban J connectivity index is 4.71. The third-order valence-electron chi connectivity index (χ3n) is 2.68. The van der Waals surface area contributed by atoms with Crippen molar-refractivity contribution >= 4 is 12.0 Å². The van der Waals surface area contributed by atoms with Crippen molar-refractivity contribution in [2.75, 3.05) is 19.6 Å². The van der Waals surface area contributed by atoms with E-state index >= 15 is 0 Å². The van der Waals surface area contributed by atoms with E-state index in [-0.39, 0.29) is 32.0 Å². The zero-order chi connectivity index (χ0) is 15.9. The first-order valence-electron chi connectivity index (χ1n) is 6.42. The number of urea groups is 1. The van der Waals surface area contributed by atoms with Crippen molar-refractivity contribution in [3.8, 4) is 0 Å². The maximum atomic E-state index is 12.4. The number of nitrogens with zero attached hydrogens (tertiary/aromatic N) is 2. The van der Waals surface area contributed by atoms with Gasteiger partial charge in [-0.05, 0) is 27.2 Å². The van der Waals surface area contributed by atoms with Crippen LogP contribution in [0.4, 0.5) is 18.0 Å². The van der Waals surface area contributed by atoms with Crippen LogP contribution in [0.1, 0.15) is 33.6 Å². The van der Waals surface area contributed by atoms with Crippen LogP contribution in [0, 0.1) is 0 Å². The van der Waals surface area contributed by atoms with Gasteiger partial charge in [0.25, 0.3) is 0 Å². The highest BCUT2D eigenvalue weighted by molar-refractivity contribution is 5.75. The minimum Gasteiger partial charge on any atom is -0.481 e. The van der Waals surface area contributed by atoms with Crippen molar-refractivity contribution in [2.45, 2.75) is 45.8 Å². The molecule has 2 amide bonds. The van der Waals surface area contributed by atoms with Crippen molar-refractivity contribution in [1.29, 1.82) is 0 Å². The molecule has 0 saturated heterocycles. The molecule has 0 heterocycles. The zero-order valence-electron chi connectivity index (χ0n) is 11.9. The molecule has 0 atom stereocenters. The Morgan fingerprint density at radius 2 is 1.80 bits per heavy atom. The summed E-state index contributed by atoms with van der Waals surface area (Å²) in [6.45, 7) is 3.60. The number of amides is 2. The number of carboxylic acid groups (broad SMARTS) is 1. The molecule has 0 aliphatic carbocycles. The van der Waals surface area contributed by atoms with Gasteiger partial charge in [0.1, 0.15) is 6.54 Å². The fourth-order valence-electron chi connectivity index (χ4n) is 1.69. The minimum absolute atomic E-state index is 0.0551. The molecule has 0 aromatic carbocycles. The molecule has 0 aliphatic heterocycles. The first kappa shape index (κ1) is 18.5. The Morgan fingerprint density at radius 1 is 1.25 bits per heavy atom. The Bertz CT molecular complexity index is 332. The van der Waals surface area contributed by atoms with Crippen LogP contribution in [0.2, 0.25) is 0 Å². The third kappa shape index (κ3) is 7.20. The topological polar surface area (TPSA) is 60.9 Å². The number of aliphatic carboxylic acids is 1. The average molecular weight is 298 g/mol. The highest BCUT2D eigenvalue weighted by Gasteiger charge is 2.34. The number of carboxylic acids is 1. The maximum Gasteiger partial charge on any atom is 0.406 e. The summed E-state index contributed by atoms with van der Waals surface area (Å²) >= 11 is 0. The largest absolute Gasteiger partial charge is 0.481 e. The lowest BCUT2D eigenvalue weighted by atomic mass is 10.2. The summed E-state index contributed by atoms with van der Waals surface area (Å²) in [6, 6.07) is -1.01. The molecule has 0 aliphatic rings. The Labute approximate surface area is 116 Å². The van der Waals surface area contributed by atoms with Gasteiger partial charge in [0.2, 0.25) is 0 Å². The monoisotopic (exact) mass is 298 g/mol. The molecule has 118 valence electrons. The Hall–Kier alpha value is -1.47. The number of halogens is 3. The summed E-state index contributed by atoms with van der Waals surface area (Å²) in [4.78, 5) is 24.5. The van der Waals surface area contributed by atoms with E-state index in [1.54, 1.807) is 13.8 Å². The van der Waals surface area contributed by atoms with Crippen molar-refractivity contribution in [1.82, 2.24) is 9.80 Å². The molecule has 0 bridgehead atoms. The van der Waals surface area contributed by atoms with Crippen molar-refractivity contribution in [3.05, 3.63) is 0 Å². The Morgan fingerprint density at radius 3 is 2.15 bits per heavy atom. The molecule has 0 unspecified atom stereocenters. The van der Waals surface area contributed by atoms with Gasteiger partial charge < -0.3 is 14.9 Å². The molecule has 5 nitrogen and oxygen atoms in total. The summed E-state index contributed by atoms with van der Waals surface area (Å²) in [5.74, 6) is -0.996. The second-order valence-electron chi connectivity index (χ2n) is 4.70. The smallest absolute Gasteiger partial charge is 0.406 e. The zero-order valence-corrected chi connectivity index (χ0v) is 11.9. The van der Waals surface area contributed by atoms with E-state index in [0.29, 0.717) is 4.90 Å². The number of rotatable bonds is 7. The van der Waals surface area contributed by atoms with E-state index in [0.717, 1.165) is 0 Å². The summed E-state index contributed by atoms with van der Waals surface area (Å²) in [7, 11) is 0. The number of carbonyl (C=O) groups is 2. The van der Waals surface area contributed by atoms with E-state index in [9.17, 15) is 22.8 Å². The van der Waals surface area contributed by atoms with Crippen LogP contribution in [0.5, 0.6) is 0 Å². The van der Waals surface area contributed by atoms with Crippen LogP contribution in [-0.2, 0) is 4.79 Å². The van der Waals surface area contributed by atoms with Crippen LogP contribution < -0.4 is 0 Å². The summed E-state index contributed by atoms with van der Waals surface area (Å²) in [6.07, 6.45) is -4.36. The second kappa shape index (κ2) is 7.96. The van der Waals surface area contributed by atoms with Crippen LogP contribution in [-0.4, -0.2) is 58.8 Å². The predicted molar refractivity (Wildman–Crippen MR) is 67.4 cm³/mol. The third-order valence-corrected chi connectivity index (χ3v) is 2.68. The van der Waals surface area contributed by atoms with Gasteiger partial charge in [-0.1, -0.05) is 0 Å². The highest BCUT2D eigenvalue weighted by atomic mass is 19.4. The van der Waals surface area contributed by atoms with Gasteiger partial charge in [-0.2, -0.15) is 13.2 Å². The molecule has 0 radical (unpaired) electrons. The predicted octanol–water partition coefficient (Wildman–Crippen LogP) is 2.57. The van der Waals surface area contributed by atoms with Crippen LogP contribution in [0.3, 0.4) is 0 Å². The second-order valence-corrected chi connectivity index (χ2v) is 4.70. The molecule has 0 aromatic rings. The molecule has 0 fully saturated rings.